The molecule has 3 aromatic rings. The summed E-state index contributed by atoms with van der Waals surface area (Å²) >= 11 is 1.58. The summed E-state index contributed by atoms with van der Waals surface area (Å²) in [6.45, 7) is 3.68. The molecular formula is C18H18N4O2S. The molecule has 0 radical (unpaired) electrons. The number of thiophene rings is 1. The number of carbonyl (C=O) groups is 1. The van der Waals surface area contributed by atoms with E-state index in [0.717, 1.165) is 23.5 Å². The van der Waals surface area contributed by atoms with Crippen molar-refractivity contribution >= 4 is 17.2 Å². The van der Waals surface area contributed by atoms with Crippen molar-refractivity contribution in [3.8, 4) is 10.8 Å². The van der Waals surface area contributed by atoms with Crippen LogP contribution in [-0.4, -0.2) is 52.0 Å². The molecule has 1 aliphatic rings. The topological polar surface area (TPSA) is 62.5 Å². The fourth-order valence-electron chi connectivity index (χ4n) is 2.89. The van der Waals surface area contributed by atoms with Crippen molar-refractivity contribution in [2.75, 3.05) is 26.2 Å². The van der Waals surface area contributed by atoms with Crippen LogP contribution in [0.15, 0.2) is 52.4 Å². The molecule has 1 amide bonds. The normalized spacial score (nSPS) is 15.4. The van der Waals surface area contributed by atoms with Gasteiger partial charge in [0.15, 0.2) is 5.82 Å². The Labute approximate surface area is 149 Å². The van der Waals surface area contributed by atoms with Crippen molar-refractivity contribution in [1.82, 2.24) is 19.9 Å². The van der Waals surface area contributed by atoms with Gasteiger partial charge in [0, 0.05) is 31.7 Å². The van der Waals surface area contributed by atoms with E-state index in [4.69, 9.17) is 4.52 Å². The molecule has 6 nitrogen and oxygen atoms in total. The summed E-state index contributed by atoms with van der Waals surface area (Å²) in [6.07, 6.45) is 0. The summed E-state index contributed by atoms with van der Waals surface area (Å²) in [6, 6.07) is 13.4. The van der Waals surface area contributed by atoms with E-state index in [1.807, 2.05) is 52.7 Å². The number of piperazine rings is 1. The summed E-state index contributed by atoms with van der Waals surface area (Å²) in [5.41, 5.74) is 0.745. The van der Waals surface area contributed by atoms with Gasteiger partial charge in [0.2, 0.25) is 0 Å². The van der Waals surface area contributed by atoms with Gasteiger partial charge < -0.3 is 9.42 Å². The van der Waals surface area contributed by atoms with Gasteiger partial charge >= 0.3 is 0 Å². The molecule has 0 unspecified atom stereocenters. The van der Waals surface area contributed by atoms with E-state index in [0.29, 0.717) is 31.3 Å². The number of nitrogens with zero attached hydrogens (tertiary/aromatic N) is 4. The SMILES string of the molecule is O=C(c1ccccc1)N1CCN(Cc2noc(-c3cccs3)n2)CC1. The second kappa shape index (κ2) is 7.16. The lowest BCUT2D eigenvalue weighted by molar-refractivity contribution is 0.0624. The zero-order valence-electron chi connectivity index (χ0n) is 13.7. The number of rotatable bonds is 4. The van der Waals surface area contributed by atoms with Gasteiger partial charge in [-0.1, -0.05) is 29.4 Å². The zero-order valence-corrected chi connectivity index (χ0v) is 14.5. The standard InChI is InChI=1S/C18H18N4O2S/c23-18(14-5-2-1-3-6-14)22-10-8-21(9-11-22)13-16-19-17(24-20-16)15-7-4-12-25-15/h1-7,12H,8-11,13H2. The number of benzene rings is 1. The smallest absolute Gasteiger partial charge is 0.268 e. The number of carbonyl (C=O) groups excluding carboxylic acids is 1. The van der Waals surface area contributed by atoms with E-state index in [-0.39, 0.29) is 5.91 Å². The molecule has 7 heteroatoms. The molecule has 0 atom stereocenters. The second-order valence-electron chi connectivity index (χ2n) is 5.93. The lowest BCUT2D eigenvalue weighted by atomic mass is 10.2. The van der Waals surface area contributed by atoms with Gasteiger partial charge in [0.1, 0.15) is 0 Å². The molecule has 1 saturated heterocycles. The van der Waals surface area contributed by atoms with Crippen LogP contribution in [0, 0.1) is 0 Å². The van der Waals surface area contributed by atoms with Crippen LogP contribution in [-0.2, 0) is 6.54 Å². The Bertz CT molecular complexity index is 824. The molecule has 2 aromatic heterocycles. The van der Waals surface area contributed by atoms with Gasteiger partial charge in [-0.05, 0) is 23.6 Å². The van der Waals surface area contributed by atoms with Crippen LogP contribution in [0.3, 0.4) is 0 Å². The first-order valence-electron chi connectivity index (χ1n) is 8.23. The van der Waals surface area contributed by atoms with Gasteiger partial charge in [-0.15, -0.1) is 11.3 Å². The van der Waals surface area contributed by atoms with Crippen LogP contribution in [0.2, 0.25) is 0 Å². The van der Waals surface area contributed by atoms with E-state index < -0.39 is 0 Å². The first-order valence-corrected chi connectivity index (χ1v) is 9.11. The Hall–Kier alpha value is -2.51. The molecule has 1 aliphatic heterocycles. The van der Waals surface area contributed by atoms with Crippen LogP contribution in [0.5, 0.6) is 0 Å². The monoisotopic (exact) mass is 354 g/mol. The van der Waals surface area contributed by atoms with Gasteiger partial charge in [-0.3, -0.25) is 9.69 Å². The zero-order chi connectivity index (χ0) is 17.1. The average Bonchev–Trinajstić information content (AvgIpc) is 3.34. The molecular weight excluding hydrogens is 336 g/mol. The van der Waals surface area contributed by atoms with E-state index in [1.54, 1.807) is 11.3 Å². The molecule has 0 saturated carbocycles. The van der Waals surface area contributed by atoms with Gasteiger partial charge in [-0.25, -0.2) is 0 Å². The molecule has 0 N–H and O–H groups in total. The molecule has 128 valence electrons. The number of hydrogen-bond donors (Lipinski definition) is 0. The summed E-state index contributed by atoms with van der Waals surface area (Å²) in [7, 11) is 0. The molecule has 1 fully saturated rings. The van der Waals surface area contributed by atoms with E-state index >= 15 is 0 Å². The highest BCUT2D eigenvalue weighted by Gasteiger charge is 2.23. The average molecular weight is 354 g/mol. The molecule has 0 spiro atoms. The predicted octanol–water partition coefficient (Wildman–Crippen LogP) is 2.76. The first kappa shape index (κ1) is 16.0. The maximum Gasteiger partial charge on any atom is 0.268 e. The van der Waals surface area contributed by atoms with Crippen molar-refractivity contribution in [3.63, 3.8) is 0 Å². The van der Waals surface area contributed by atoms with Crippen molar-refractivity contribution in [1.29, 1.82) is 0 Å². The highest BCUT2D eigenvalue weighted by Crippen LogP contribution is 2.22. The lowest BCUT2D eigenvalue weighted by Crippen LogP contribution is -2.48. The molecule has 4 rings (SSSR count). The maximum atomic E-state index is 12.5. The minimum atomic E-state index is 0.0970. The summed E-state index contributed by atoms with van der Waals surface area (Å²) in [5, 5.41) is 6.05. The first-order chi connectivity index (χ1) is 12.3. The van der Waals surface area contributed by atoms with Crippen molar-refractivity contribution in [2.45, 2.75) is 6.54 Å². The third kappa shape index (κ3) is 3.62. The Balaban J connectivity index is 1.33. The molecule has 0 bridgehead atoms. The Morgan fingerprint density at radius 3 is 2.60 bits per heavy atom. The summed E-state index contributed by atoms with van der Waals surface area (Å²) < 4.78 is 5.33. The highest BCUT2D eigenvalue weighted by atomic mass is 32.1. The van der Waals surface area contributed by atoms with Gasteiger partial charge in [0.25, 0.3) is 11.8 Å². The van der Waals surface area contributed by atoms with Crippen LogP contribution < -0.4 is 0 Å². The van der Waals surface area contributed by atoms with Gasteiger partial charge in [-0.2, -0.15) is 4.98 Å². The Morgan fingerprint density at radius 2 is 1.88 bits per heavy atom. The predicted molar refractivity (Wildman–Crippen MR) is 95.2 cm³/mol. The fraction of sp³-hybridized carbons (Fsp3) is 0.278. The minimum Gasteiger partial charge on any atom is -0.336 e. The molecule has 0 aliphatic carbocycles. The third-order valence-electron chi connectivity index (χ3n) is 4.25. The van der Waals surface area contributed by atoms with Crippen LogP contribution in [0.1, 0.15) is 16.2 Å². The largest absolute Gasteiger partial charge is 0.336 e. The van der Waals surface area contributed by atoms with E-state index in [2.05, 4.69) is 15.0 Å². The fourth-order valence-corrected chi connectivity index (χ4v) is 3.54. The molecule has 1 aromatic carbocycles. The summed E-state index contributed by atoms with van der Waals surface area (Å²) in [4.78, 5) is 22.1. The van der Waals surface area contributed by atoms with E-state index in [1.165, 1.54) is 0 Å². The Kier molecular flexibility index (Phi) is 4.58. The quantitative estimate of drug-likeness (QED) is 0.721. The molecule has 25 heavy (non-hydrogen) atoms. The van der Waals surface area contributed by atoms with Crippen LogP contribution >= 0.6 is 11.3 Å². The van der Waals surface area contributed by atoms with Crippen LogP contribution in [0.4, 0.5) is 0 Å². The van der Waals surface area contributed by atoms with Crippen molar-refractivity contribution in [2.24, 2.45) is 0 Å². The molecule has 3 heterocycles. The summed E-state index contributed by atoms with van der Waals surface area (Å²) in [5.74, 6) is 1.36. The Morgan fingerprint density at radius 1 is 1.08 bits per heavy atom. The maximum absolute atomic E-state index is 12.5. The minimum absolute atomic E-state index is 0.0970. The second-order valence-corrected chi connectivity index (χ2v) is 6.88. The van der Waals surface area contributed by atoms with E-state index in [9.17, 15) is 4.79 Å². The lowest BCUT2D eigenvalue weighted by Gasteiger charge is -2.34. The third-order valence-corrected chi connectivity index (χ3v) is 5.10. The number of amides is 1. The number of aromatic nitrogens is 2. The van der Waals surface area contributed by atoms with Crippen molar-refractivity contribution in [3.05, 3.63) is 59.2 Å². The van der Waals surface area contributed by atoms with Crippen molar-refractivity contribution < 1.29 is 9.32 Å². The van der Waals surface area contributed by atoms with Gasteiger partial charge in [0.05, 0.1) is 11.4 Å². The number of hydrogen-bond acceptors (Lipinski definition) is 6. The van der Waals surface area contributed by atoms with Crippen LogP contribution in [0.25, 0.3) is 10.8 Å². The highest BCUT2D eigenvalue weighted by molar-refractivity contribution is 7.13.